The first-order valence-electron chi connectivity index (χ1n) is 6.00. The van der Waals surface area contributed by atoms with Gasteiger partial charge in [0.2, 0.25) is 0 Å². The van der Waals surface area contributed by atoms with Crippen molar-refractivity contribution in [1.29, 1.82) is 0 Å². The highest BCUT2D eigenvalue weighted by atomic mass is 79.9. The molecule has 0 aliphatic carbocycles. The number of alkyl halides is 1. The van der Waals surface area contributed by atoms with Crippen molar-refractivity contribution in [1.82, 2.24) is 4.90 Å². The summed E-state index contributed by atoms with van der Waals surface area (Å²) in [5, 5.41) is 10.8. The molecule has 110 valence electrons. The third kappa shape index (κ3) is 4.28. The summed E-state index contributed by atoms with van der Waals surface area (Å²) in [5.74, 6) is -0.244. The van der Waals surface area contributed by atoms with Crippen molar-refractivity contribution in [3.8, 4) is 0 Å². The number of carbonyl (C=O) groups is 1. The minimum Gasteiger partial charge on any atom is -0.383 e. The van der Waals surface area contributed by atoms with Gasteiger partial charge in [0, 0.05) is 38.4 Å². The highest BCUT2D eigenvalue weighted by Gasteiger charge is 2.19. The van der Waals surface area contributed by atoms with Crippen LogP contribution in [0.25, 0.3) is 0 Å². The Labute approximate surface area is 126 Å². The molecular formula is C13H17BrN2O4. The Kier molecular flexibility index (Phi) is 6.09. The van der Waals surface area contributed by atoms with Crippen LogP contribution in [0, 0.1) is 17.0 Å². The van der Waals surface area contributed by atoms with Gasteiger partial charge in [-0.15, -0.1) is 0 Å². The molecule has 0 bridgehead atoms. The maximum absolute atomic E-state index is 12.3. The Hall–Kier alpha value is -1.47. The smallest absolute Gasteiger partial charge is 0.270 e. The number of aryl methyl sites for hydroxylation is 1. The van der Waals surface area contributed by atoms with E-state index < -0.39 is 4.92 Å². The Morgan fingerprint density at radius 1 is 1.55 bits per heavy atom. The molecule has 0 radical (unpaired) electrons. The predicted octanol–water partition coefficient (Wildman–Crippen LogP) is 2.39. The highest BCUT2D eigenvalue weighted by molar-refractivity contribution is 9.09. The Morgan fingerprint density at radius 3 is 2.75 bits per heavy atom. The van der Waals surface area contributed by atoms with Gasteiger partial charge in [-0.2, -0.15) is 0 Å². The molecule has 0 N–H and O–H groups in total. The molecule has 0 aliphatic rings. The molecule has 7 heteroatoms. The van der Waals surface area contributed by atoms with Crippen molar-refractivity contribution < 1.29 is 14.5 Å². The van der Waals surface area contributed by atoms with Crippen LogP contribution in [-0.4, -0.2) is 47.9 Å². The topological polar surface area (TPSA) is 72.7 Å². The summed E-state index contributed by atoms with van der Waals surface area (Å²) in [6.07, 6.45) is 0. The monoisotopic (exact) mass is 344 g/mol. The fraction of sp³-hybridized carbons (Fsp3) is 0.462. The Bertz CT molecular complexity index is 507. The number of nitro groups is 1. The van der Waals surface area contributed by atoms with Gasteiger partial charge < -0.3 is 9.64 Å². The number of carbonyl (C=O) groups excluding carboxylic acids is 1. The van der Waals surface area contributed by atoms with E-state index in [0.717, 1.165) is 0 Å². The third-order valence-electron chi connectivity index (χ3n) is 2.83. The summed E-state index contributed by atoms with van der Waals surface area (Å²) in [4.78, 5) is 24.1. The number of rotatable bonds is 6. The second-order valence-electron chi connectivity index (χ2n) is 4.49. The lowest BCUT2D eigenvalue weighted by Gasteiger charge is -2.21. The zero-order valence-electron chi connectivity index (χ0n) is 11.6. The first-order chi connectivity index (χ1) is 9.36. The van der Waals surface area contributed by atoms with Gasteiger partial charge in [0.15, 0.2) is 0 Å². The van der Waals surface area contributed by atoms with Crippen LogP contribution in [0.5, 0.6) is 0 Å². The standard InChI is InChI=1S/C13H17BrN2O4/c1-9-4-5-11(16(18)19)6-12(9)13(17)15(2)7-10(14)8-20-3/h4-6,10H,7-8H2,1-3H3. The van der Waals surface area contributed by atoms with Crippen LogP contribution in [0.2, 0.25) is 0 Å². The normalized spacial score (nSPS) is 12.0. The quantitative estimate of drug-likeness (QED) is 0.451. The fourth-order valence-corrected chi connectivity index (χ4v) is 2.47. The van der Waals surface area contributed by atoms with Crippen LogP contribution >= 0.6 is 15.9 Å². The van der Waals surface area contributed by atoms with Crippen LogP contribution in [0.1, 0.15) is 15.9 Å². The Balaban J connectivity index is 2.90. The Morgan fingerprint density at radius 2 is 2.20 bits per heavy atom. The summed E-state index contributed by atoms with van der Waals surface area (Å²) in [7, 11) is 3.24. The van der Waals surface area contributed by atoms with Crippen molar-refractivity contribution >= 4 is 27.5 Å². The van der Waals surface area contributed by atoms with Crippen molar-refractivity contribution in [3.63, 3.8) is 0 Å². The highest BCUT2D eigenvalue weighted by Crippen LogP contribution is 2.19. The van der Waals surface area contributed by atoms with Gasteiger partial charge in [0.25, 0.3) is 11.6 Å². The minimum atomic E-state index is -0.506. The molecular weight excluding hydrogens is 328 g/mol. The summed E-state index contributed by atoms with van der Waals surface area (Å²) >= 11 is 3.41. The van der Waals surface area contributed by atoms with E-state index in [-0.39, 0.29) is 16.4 Å². The first kappa shape index (κ1) is 16.6. The molecule has 1 aromatic carbocycles. The van der Waals surface area contributed by atoms with Gasteiger partial charge in [0.05, 0.1) is 16.4 Å². The van der Waals surface area contributed by atoms with Crippen LogP contribution in [-0.2, 0) is 4.74 Å². The molecule has 0 spiro atoms. The summed E-state index contributed by atoms with van der Waals surface area (Å²) in [6, 6.07) is 4.29. The fourth-order valence-electron chi connectivity index (χ4n) is 1.77. The second kappa shape index (κ2) is 7.35. The summed E-state index contributed by atoms with van der Waals surface area (Å²) in [5.41, 5.74) is 0.976. The van der Waals surface area contributed by atoms with Crippen LogP contribution in [0.15, 0.2) is 18.2 Å². The SMILES string of the molecule is COCC(Br)CN(C)C(=O)c1cc([N+](=O)[O-])ccc1C. The average Bonchev–Trinajstić information content (AvgIpc) is 2.38. The molecule has 1 atom stereocenters. The first-order valence-corrected chi connectivity index (χ1v) is 6.92. The number of nitro benzene ring substituents is 1. The number of hydrogen-bond donors (Lipinski definition) is 0. The molecule has 1 unspecified atom stereocenters. The van der Waals surface area contributed by atoms with E-state index in [0.29, 0.717) is 24.3 Å². The number of non-ortho nitro benzene ring substituents is 1. The molecule has 1 aromatic rings. The predicted molar refractivity (Wildman–Crippen MR) is 79.4 cm³/mol. The van der Waals surface area contributed by atoms with Crippen molar-refractivity contribution in [2.24, 2.45) is 0 Å². The van der Waals surface area contributed by atoms with E-state index in [9.17, 15) is 14.9 Å². The van der Waals surface area contributed by atoms with Gasteiger partial charge in [-0.1, -0.05) is 22.0 Å². The lowest BCUT2D eigenvalue weighted by atomic mass is 10.1. The van der Waals surface area contributed by atoms with Crippen LogP contribution < -0.4 is 0 Å². The molecule has 1 amide bonds. The second-order valence-corrected chi connectivity index (χ2v) is 5.79. The molecule has 0 aromatic heterocycles. The zero-order valence-corrected chi connectivity index (χ0v) is 13.2. The molecule has 0 saturated heterocycles. The number of benzene rings is 1. The van der Waals surface area contributed by atoms with Crippen LogP contribution in [0.4, 0.5) is 5.69 Å². The largest absolute Gasteiger partial charge is 0.383 e. The van der Waals surface area contributed by atoms with E-state index in [2.05, 4.69) is 15.9 Å². The number of ether oxygens (including phenoxy) is 1. The van der Waals surface area contributed by atoms with E-state index in [4.69, 9.17) is 4.74 Å². The van der Waals surface area contributed by atoms with E-state index in [1.807, 2.05) is 0 Å². The van der Waals surface area contributed by atoms with Crippen molar-refractivity contribution in [2.45, 2.75) is 11.8 Å². The number of hydrogen-bond acceptors (Lipinski definition) is 4. The third-order valence-corrected chi connectivity index (χ3v) is 3.38. The van der Waals surface area contributed by atoms with Crippen LogP contribution in [0.3, 0.4) is 0 Å². The molecule has 0 aliphatic heterocycles. The van der Waals surface area contributed by atoms with Crippen molar-refractivity contribution in [2.75, 3.05) is 27.3 Å². The van der Waals surface area contributed by atoms with E-state index >= 15 is 0 Å². The average molecular weight is 345 g/mol. The number of nitrogens with zero attached hydrogens (tertiary/aromatic N) is 2. The lowest BCUT2D eigenvalue weighted by molar-refractivity contribution is -0.384. The molecule has 0 fully saturated rings. The van der Waals surface area contributed by atoms with Gasteiger partial charge >= 0.3 is 0 Å². The summed E-state index contributed by atoms with van der Waals surface area (Å²) < 4.78 is 4.99. The van der Waals surface area contributed by atoms with Gasteiger partial charge in [-0.25, -0.2) is 0 Å². The number of methoxy groups -OCH3 is 1. The van der Waals surface area contributed by atoms with Gasteiger partial charge in [-0.3, -0.25) is 14.9 Å². The lowest BCUT2D eigenvalue weighted by Crippen LogP contribution is -2.34. The molecule has 1 rings (SSSR count). The number of halogens is 1. The van der Waals surface area contributed by atoms with E-state index in [1.54, 1.807) is 27.1 Å². The van der Waals surface area contributed by atoms with Crippen molar-refractivity contribution in [3.05, 3.63) is 39.4 Å². The number of amides is 1. The molecule has 0 heterocycles. The minimum absolute atomic E-state index is 0.0143. The molecule has 20 heavy (non-hydrogen) atoms. The van der Waals surface area contributed by atoms with Gasteiger partial charge in [-0.05, 0) is 12.5 Å². The molecule has 6 nitrogen and oxygen atoms in total. The van der Waals surface area contributed by atoms with E-state index in [1.165, 1.54) is 17.0 Å². The zero-order chi connectivity index (χ0) is 15.3. The summed E-state index contributed by atoms with van der Waals surface area (Å²) in [6.45, 7) is 2.69. The maximum atomic E-state index is 12.3. The van der Waals surface area contributed by atoms with Gasteiger partial charge in [0.1, 0.15) is 0 Å². The molecule has 0 saturated carbocycles. The maximum Gasteiger partial charge on any atom is 0.270 e.